The van der Waals surface area contributed by atoms with Gasteiger partial charge in [0, 0.05) is 18.1 Å². The van der Waals surface area contributed by atoms with Gasteiger partial charge in [-0.15, -0.1) is 6.58 Å². The van der Waals surface area contributed by atoms with Crippen molar-refractivity contribution in [3.63, 3.8) is 0 Å². The van der Waals surface area contributed by atoms with Gasteiger partial charge in [0.25, 0.3) is 0 Å². The third-order valence-electron chi connectivity index (χ3n) is 2.39. The minimum atomic E-state index is 0.676. The molecule has 0 heterocycles. The summed E-state index contributed by atoms with van der Waals surface area (Å²) in [6.45, 7) is 4.69. The van der Waals surface area contributed by atoms with Crippen molar-refractivity contribution in [3.05, 3.63) is 40.9 Å². The minimum Gasteiger partial charge on any atom is -0.374 e. The molecule has 1 rings (SSSR count). The summed E-state index contributed by atoms with van der Waals surface area (Å²) in [6.07, 6.45) is 4.05. The highest BCUT2D eigenvalue weighted by molar-refractivity contribution is 9.10. The number of allylic oxidation sites excluding steroid dienone is 1. The molecule has 0 atom stereocenters. The average molecular weight is 279 g/mol. The van der Waals surface area contributed by atoms with Crippen LogP contribution in [0.5, 0.6) is 0 Å². The highest BCUT2D eigenvalue weighted by Crippen LogP contribution is 2.26. The lowest BCUT2D eigenvalue weighted by Gasteiger charge is -2.20. The summed E-state index contributed by atoms with van der Waals surface area (Å²) in [5.74, 6) is 0. The quantitative estimate of drug-likeness (QED) is 0.606. The van der Waals surface area contributed by atoms with Crippen LogP contribution in [0.2, 0.25) is 0 Å². The van der Waals surface area contributed by atoms with Crippen LogP contribution in [0.15, 0.2) is 35.3 Å². The lowest BCUT2D eigenvalue weighted by atomic mass is 10.2. The number of hydrogen-bond donors (Lipinski definition) is 0. The summed E-state index contributed by atoms with van der Waals surface area (Å²) in [6, 6.07) is 7.78. The Morgan fingerprint density at radius 3 is 2.88 bits per heavy atom. The molecule has 0 N–H and O–H groups in total. The molecule has 16 heavy (non-hydrogen) atoms. The van der Waals surface area contributed by atoms with E-state index in [-0.39, 0.29) is 0 Å². The molecule has 0 bridgehead atoms. The second kappa shape index (κ2) is 6.34. The molecular formula is C13H15BrN2. The minimum absolute atomic E-state index is 0.676. The molecule has 0 aliphatic rings. The van der Waals surface area contributed by atoms with Crippen molar-refractivity contribution >= 4 is 21.6 Å². The van der Waals surface area contributed by atoms with Crippen molar-refractivity contribution in [2.75, 3.05) is 18.5 Å². The third kappa shape index (κ3) is 3.39. The van der Waals surface area contributed by atoms with E-state index in [0.717, 1.165) is 29.5 Å². The number of rotatable bonds is 5. The van der Waals surface area contributed by atoms with Crippen LogP contribution in [0.25, 0.3) is 0 Å². The van der Waals surface area contributed by atoms with Gasteiger partial charge in [0.1, 0.15) is 0 Å². The van der Waals surface area contributed by atoms with E-state index >= 15 is 0 Å². The van der Waals surface area contributed by atoms with Crippen LogP contribution in [0, 0.1) is 11.3 Å². The summed E-state index contributed by atoms with van der Waals surface area (Å²) in [5.41, 5.74) is 1.79. The smallest absolute Gasteiger partial charge is 0.0992 e. The Balaban J connectivity index is 2.72. The Hall–Kier alpha value is -1.27. The van der Waals surface area contributed by atoms with E-state index < -0.39 is 0 Å². The number of nitriles is 1. The van der Waals surface area contributed by atoms with Crippen molar-refractivity contribution in [1.29, 1.82) is 5.26 Å². The van der Waals surface area contributed by atoms with Crippen LogP contribution in [0.1, 0.15) is 18.4 Å². The summed E-state index contributed by atoms with van der Waals surface area (Å²) < 4.78 is 0.965. The fourth-order valence-electron chi connectivity index (χ4n) is 1.48. The standard InChI is InChI=1S/C13H15BrN2/c1-3-4-5-8-16(2)13-7-6-11(10-15)9-12(13)14/h3,6-7,9H,1,4-5,8H2,2H3. The maximum Gasteiger partial charge on any atom is 0.0992 e. The van der Waals surface area contributed by atoms with Crippen molar-refractivity contribution in [2.45, 2.75) is 12.8 Å². The van der Waals surface area contributed by atoms with Gasteiger partial charge in [0.15, 0.2) is 0 Å². The number of unbranched alkanes of at least 4 members (excludes halogenated alkanes) is 1. The molecule has 0 radical (unpaired) electrons. The fraction of sp³-hybridized carbons (Fsp3) is 0.308. The molecule has 0 aliphatic heterocycles. The van der Waals surface area contributed by atoms with Crippen LogP contribution < -0.4 is 4.90 Å². The van der Waals surface area contributed by atoms with E-state index in [2.05, 4.69) is 40.5 Å². The molecule has 0 aromatic heterocycles. The van der Waals surface area contributed by atoms with E-state index in [0.29, 0.717) is 5.56 Å². The zero-order valence-corrected chi connectivity index (χ0v) is 11.0. The second-order valence-electron chi connectivity index (χ2n) is 3.63. The molecule has 0 saturated carbocycles. The van der Waals surface area contributed by atoms with E-state index in [1.165, 1.54) is 0 Å². The molecule has 2 nitrogen and oxygen atoms in total. The van der Waals surface area contributed by atoms with E-state index in [1.807, 2.05) is 24.3 Å². The maximum atomic E-state index is 8.77. The molecular weight excluding hydrogens is 264 g/mol. The van der Waals surface area contributed by atoms with E-state index in [4.69, 9.17) is 5.26 Å². The fourth-order valence-corrected chi connectivity index (χ4v) is 2.16. The van der Waals surface area contributed by atoms with Gasteiger partial charge in [-0.05, 0) is 47.0 Å². The highest BCUT2D eigenvalue weighted by Gasteiger charge is 2.05. The molecule has 0 aliphatic carbocycles. The average Bonchev–Trinajstić information content (AvgIpc) is 2.29. The van der Waals surface area contributed by atoms with Gasteiger partial charge in [-0.2, -0.15) is 5.26 Å². The number of benzene rings is 1. The molecule has 1 aromatic carbocycles. The van der Waals surface area contributed by atoms with Gasteiger partial charge >= 0.3 is 0 Å². The second-order valence-corrected chi connectivity index (χ2v) is 4.48. The highest BCUT2D eigenvalue weighted by atomic mass is 79.9. The summed E-state index contributed by atoms with van der Waals surface area (Å²) >= 11 is 3.48. The summed E-state index contributed by atoms with van der Waals surface area (Å²) in [5, 5.41) is 8.77. The first-order chi connectivity index (χ1) is 7.69. The van der Waals surface area contributed by atoms with Gasteiger partial charge < -0.3 is 4.90 Å². The van der Waals surface area contributed by atoms with Crippen molar-refractivity contribution in [1.82, 2.24) is 0 Å². The lowest BCUT2D eigenvalue weighted by molar-refractivity contribution is 0.801. The molecule has 84 valence electrons. The molecule has 0 amide bonds. The van der Waals surface area contributed by atoms with Crippen LogP contribution in [-0.4, -0.2) is 13.6 Å². The van der Waals surface area contributed by atoms with Gasteiger partial charge in [-0.3, -0.25) is 0 Å². The van der Waals surface area contributed by atoms with Crippen LogP contribution in [-0.2, 0) is 0 Å². The van der Waals surface area contributed by atoms with Gasteiger partial charge in [-0.1, -0.05) is 6.08 Å². The van der Waals surface area contributed by atoms with Crippen molar-refractivity contribution < 1.29 is 0 Å². The normalized spacial score (nSPS) is 9.56. The van der Waals surface area contributed by atoms with E-state index in [9.17, 15) is 0 Å². The molecule has 0 saturated heterocycles. The van der Waals surface area contributed by atoms with Gasteiger partial charge in [0.2, 0.25) is 0 Å². The van der Waals surface area contributed by atoms with Crippen molar-refractivity contribution in [2.24, 2.45) is 0 Å². The molecule has 3 heteroatoms. The molecule has 0 spiro atoms. The van der Waals surface area contributed by atoms with Gasteiger partial charge in [-0.25, -0.2) is 0 Å². The first-order valence-electron chi connectivity index (χ1n) is 5.20. The number of nitrogens with zero attached hydrogens (tertiary/aromatic N) is 2. The molecule has 0 unspecified atom stereocenters. The van der Waals surface area contributed by atoms with E-state index in [1.54, 1.807) is 0 Å². The predicted octanol–water partition coefficient (Wildman–Crippen LogP) is 3.72. The summed E-state index contributed by atoms with van der Waals surface area (Å²) in [7, 11) is 2.05. The molecule has 1 aromatic rings. The number of anilines is 1. The Kier molecular flexibility index (Phi) is 5.07. The van der Waals surface area contributed by atoms with Crippen LogP contribution in [0.4, 0.5) is 5.69 Å². The van der Waals surface area contributed by atoms with Crippen LogP contribution >= 0.6 is 15.9 Å². The third-order valence-corrected chi connectivity index (χ3v) is 3.02. The number of hydrogen-bond acceptors (Lipinski definition) is 2. The maximum absolute atomic E-state index is 8.77. The first kappa shape index (κ1) is 12.8. The SMILES string of the molecule is C=CCCCN(C)c1ccc(C#N)cc1Br. The van der Waals surface area contributed by atoms with Gasteiger partial charge in [0.05, 0.1) is 17.3 Å². The Morgan fingerprint density at radius 2 is 2.31 bits per heavy atom. The zero-order chi connectivity index (χ0) is 12.0. The summed E-state index contributed by atoms with van der Waals surface area (Å²) in [4.78, 5) is 2.18. The topological polar surface area (TPSA) is 27.0 Å². The zero-order valence-electron chi connectivity index (χ0n) is 9.41. The largest absolute Gasteiger partial charge is 0.374 e. The number of halogens is 1. The molecule has 0 fully saturated rings. The monoisotopic (exact) mass is 278 g/mol. The first-order valence-corrected chi connectivity index (χ1v) is 6.00. The van der Waals surface area contributed by atoms with Crippen molar-refractivity contribution in [3.8, 4) is 6.07 Å². The Bertz CT molecular complexity index is 407. The Morgan fingerprint density at radius 1 is 1.56 bits per heavy atom. The lowest BCUT2D eigenvalue weighted by Crippen LogP contribution is -2.18. The van der Waals surface area contributed by atoms with Crippen LogP contribution in [0.3, 0.4) is 0 Å². The Labute approximate surface area is 105 Å². The predicted molar refractivity (Wildman–Crippen MR) is 71.6 cm³/mol.